The molecule has 2 aromatic rings. The summed E-state index contributed by atoms with van der Waals surface area (Å²) in [6, 6.07) is 13.9. The second-order valence-electron chi connectivity index (χ2n) is 6.21. The van der Waals surface area contributed by atoms with E-state index in [1.807, 2.05) is 35.2 Å². The van der Waals surface area contributed by atoms with Gasteiger partial charge in [-0.25, -0.2) is 0 Å². The quantitative estimate of drug-likeness (QED) is 0.946. The lowest BCUT2D eigenvalue weighted by atomic mass is 10.0. The van der Waals surface area contributed by atoms with Gasteiger partial charge >= 0.3 is 0 Å². The van der Waals surface area contributed by atoms with Crippen molar-refractivity contribution in [1.82, 2.24) is 9.88 Å². The molecule has 22 heavy (non-hydrogen) atoms. The molecule has 1 N–H and O–H groups in total. The topological polar surface area (TPSA) is 45.3 Å². The highest BCUT2D eigenvalue weighted by molar-refractivity contribution is 5.92. The summed E-state index contributed by atoms with van der Waals surface area (Å²) in [7, 11) is 0. The van der Waals surface area contributed by atoms with E-state index in [9.17, 15) is 4.79 Å². The smallest absolute Gasteiger partial charge is 0.270 e. The van der Waals surface area contributed by atoms with Crippen LogP contribution in [0.2, 0.25) is 0 Å². The molecule has 0 bridgehead atoms. The molecule has 4 nitrogen and oxygen atoms in total. The van der Waals surface area contributed by atoms with E-state index < -0.39 is 0 Å². The third-order valence-electron chi connectivity index (χ3n) is 4.56. The number of carbonyl (C=O) groups is 1. The minimum Gasteiger partial charge on any atom is -0.366 e. The van der Waals surface area contributed by atoms with Gasteiger partial charge in [0, 0.05) is 12.7 Å². The van der Waals surface area contributed by atoms with Crippen LogP contribution in [0, 0.1) is 5.92 Å². The predicted octanol–water partition coefficient (Wildman–Crippen LogP) is 3.01. The molecule has 2 atom stereocenters. The lowest BCUT2D eigenvalue weighted by molar-refractivity contribution is -0.0864. The van der Waals surface area contributed by atoms with Gasteiger partial charge in [-0.2, -0.15) is 0 Å². The van der Waals surface area contributed by atoms with Gasteiger partial charge < -0.3 is 14.6 Å². The Morgan fingerprint density at radius 2 is 1.91 bits per heavy atom. The molecule has 0 radical (unpaired) electrons. The van der Waals surface area contributed by atoms with E-state index in [-0.39, 0.29) is 18.1 Å². The predicted molar refractivity (Wildman–Crippen MR) is 83.5 cm³/mol. The van der Waals surface area contributed by atoms with E-state index in [2.05, 4.69) is 17.1 Å². The van der Waals surface area contributed by atoms with Crippen molar-refractivity contribution in [2.24, 2.45) is 5.92 Å². The molecular weight excluding hydrogens is 276 g/mol. The molecule has 1 aliphatic heterocycles. The highest BCUT2D eigenvalue weighted by Crippen LogP contribution is 2.39. The van der Waals surface area contributed by atoms with Gasteiger partial charge in [-0.3, -0.25) is 4.79 Å². The van der Waals surface area contributed by atoms with E-state index >= 15 is 0 Å². The average Bonchev–Trinajstić information content (AvgIpc) is 3.29. The van der Waals surface area contributed by atoms with Gasteiger partial charge in [0.15, 0.2) is 0 Å². The van der Waals surface area contributed by atoms with Crippen molar-refractivity contribution in [3.63, 3.8) is 0 Å². The maximum absolute atomic E-state index is 12.7. The molecule has 2 heterocycles. The summed E-state index contributed by atoms with van der Waals surface area (Å²) in [6.45, 7) is 1.32. The number of ether oxygens (including phenoxy) is 1. The van der Waals surface area contributed by atoms with Crippen LogP contribution in [0.1, 0.15) is 35.0 Å². The summed E-state index contributed by atoms with van der Waals surface area (Å²) in [5.41, 5.74) is 1.81. The first kappa shape index (κ1) is 13.6. The van der Waals surface area contributed by atoms with Crippen molar-refractivity contribution >= 4 is 5.91 Å². The fraction of sp³-hybridized carbons (Fsp3) is 0.389. The number of hydrogen-bond donors (Lipinski definition) is 1. The van der Waals surface area contributed by atoms with E-state index in [0.29, 0.717) is 24.7 Å². The zero-order valence-corrected chi connectivity index (χ0v) is 12.4. The molecule has 1 aromatic carbocycles. The SMILES string of the molecule is O=C(c1ccc[nH]1)N1C[C@@H](c2ccccc2)O[C@@H](C2CC2)C1. The van der Waals surface area contributed by atoms with Crippen molar-refractivity contribution in [1.29, 1.82) is 0 Å². The van der Waals surface area contributed by atoms with E-state index in [4.69, 9.17) is 4.74 Å². The second-order valence-corrected chi connectivity index (χ2v) is 6.21. The van der Waals surface area contributed by atoms with Crippen molar-refractivity contribution in [3.8, 4) is 0 Å². The van der Waals surface area contributed by atoms with Crippen LogP contribution in [0.15, 0.2) is 48.7 Å². The van der Waals surface area contributed by atoms with Crippen molar-refractivity contribution < 1.29 is 9.53 Å². The maximum atomic E-state index is 12.7. The number of nitrogens with one attached hydrogen (secondary N) is 1. The minimum absolute atomic E-state index is 0.0283. The summed E-state index contributed by atoms with van der Waals surface area (Å²) < 4.78 is 6.29. The van der Waals surface area contributed by atoms with E-state index in [0.717, 1.165) is 5.56 Å². The molecule has 1 saturated heterocycles. The Kier molecular flexibility index (Phi) is 3.47. The molecule has 1 saturated carbocycles. The number of rotatable bonds is 3. The van der Waals surface area contributed by atoms with Crippen LogP contribution in [-0.4, -0.2) is 35.0 Å². The fourth-order valence-corrected chi connectivity index (χ4v) is 3.17. The van der Waals surface area contributed by atoms with E-state index in [1.165, 1.54) is 12.8 Å². The zero-order valence-electron chi connectivity index (χ0n) is 12.4. The Morgan fingerprint density at radius 1 is 1.09 bits per heavy atom. The molecule has 0 unspecified atom stereocenters. The second kappa shape index (κ2) is 5.61. The van der Waals surface area contributed by atoms with Crippen molar-refractivity contribution in [2.45, 2.75) is 25.0 Å². The number of morpholine rings is 1. The Morgan fingerprint density at radius 3 is 2.59 bits per heavy atom. The molecule has 4 rings (SSSR count). The maximum Gasteiger partial charge on any atom is 0.270 e. The normalized spacial score (nSPS) is 25.2. The number of H-pyrrole nitrogens is 1. The molecule has 4 heteroatoms. The molecule has 1 amide bonds. The summed E-state index contributed by atoms with van der Waals surface area (Å²) in [4.78, 5) is 17.6. The van der Waals surface area contributed by atoms with Crippen LogP contribution in [0.25, 0.3) is 0 Å². The number of hydrogen-bond acceptors (Lipinski definition) is 2. The highest BCUT2D eigenvalue weighted by atomic mass is 16.5. The minimum atomic E-state index is -0.0283. The largest absolute Gasteiger partial charge is 0.366 e. The standard InChI is InChI=1S/C18H20N2O2/c21-18(15-7-4-10-19-15)20-11-16(13-5-2-1-3-6-13)22-17(12-20)14-8-9-14/h1-7,10,14,16-17,19H,8-9,11-12H2/t16-,17+/m0/s1. The lowest BCUT2D eigenvalue weighted by Crippen LogP contribution is -2.47. The first-order valence-corrected chi connectivity index (χ1v) is 7.94. The monoisotopic (exact) mass is 296 g/mol. The summed E-state index contributed by atoms with van der Waals surface area (Å²) in [5, 5.41) is 0. The van der Waals surface area contributed by atoms with Gasteiger partial charge in [-0.05, 0) is 36.5 Å². The molecule has 114 valence electrons. The first-order chi connectivity index (χ1) is 10.8. The van der Waals surface area contributed by atoms with Crippen LogP contribution in [0.3, 0.4) is 0 Å². The van der Waals surface area contributed by atoms with Crippen LogP contribution in [0.5, 0.6) is 0 Å². The first-order valence-electron chi connectivity index (χ1n) is 7.94. The number of carbonyl (C=O) groups excluding carboxylic acids is 1. The van der Waals surface area contributed by atoms with Gasteiger partial charge in [0.25, 0.3) is 5.91 Å². The Balaban J connectivity index is 1.57. The summed E-state index contributed by atoms with van der Waals surface area (Å²) >= 11 is 0. The van der Waals surface area contributed by atoms with Gasteiger partial charge in [0.2, 0.25) is 0 Å². The number of aromatic amines is 1. The Labute approximate surface area is 130 Å². The Bertz CT molecular complexity index is 634. The number of benzene rings is 1. The molecule has 0 spiro atoms. The molecule has 2 aliphatic rings. The van der Waals surface area contributed by atoms with E-state index in [1.54, 1.807) is 6.20 Å². The van der Waals surface area contributed by atoms with Crippen molar-refractivity contribution in [3.05, 3.63) is 59.9 Å². The van der Waals surface area contributed by atoms with Gasteiger partial charge in [0.05, 0.1) is 12.6 Å². The molecule has 1 aliphatic carbocycles. The Hall–Kier alpha value is -2.07. The van der Waals surface area contributed by atoms with Crippen LogP contribution < -0.4 is 0 Å². The number of aromatic nitrogens is 1. The van der Waals surface area contributed by atoms with Crippen LogP contribution in [-0.2, 0) is 4.74 Å². The molecule has 1 aromatic heterocycles. The van der Waals surface area contributed by atoms with Crippen LogP contribution >= 0.6 is 0 Å². The number of nitrogens with zero attached hydrogens (tertiary/aromatic N) is 1. The average molecular weight is 296 g/mol. The van der Waals surface area contributed by atoms with Crippen LogP contribution in [0.4, 0.5) is 0 Å². The van der Waals surface area contributed by atoms with Crippen molar-refractivity contribution in [2.75, 3.05) is 13.1 Å². The third-order valence-corrected chi connectivity index (χ3v) is 4.56. The summed E-state index contributed by atoms with van der Waals surface area (Å²) in [6.07, 6.45) is 4.37. The summed E-state index contributed by atoms with van der Waals surface area (Å²) in [5.74, 6) is 0.685. The number of amides is 1. The molecule has 2 fully saturated rings. The third kappa shape index (κ3) is 2.66. The van der Waals surface area contributed by atoms with Gasteiger partial charge in [-0.15, -0.1) is 0 Å². The highest BCUT2D eigenvalue weighted by Gasteiger charge is 2.40. The van der Waals surface area contributed by atoms with Gasteiger partial charge in [0.1, 0.15) is 11.8 Å². The zero-order chi connectivity index (χ0) is 14.9. The molecular formula is C18H20N2O2. The fourth-order valence-electron chi connectivity index (χ4n) is 3.17. The van der Waals surface area contributed by atoms with Gasteiger partial charge in [-0.1, -0.05) is 30.3 Å². The lowest BCUT2D eigenvalue weighted by Gasteiger charge is -2.38.